The second-order valence-electron chi connectivity index (χ2n) is 5.47. The van der Waals surface area contributed by atoms with E-state index in [4.69, 9.17) is 0 Å². The van der Waals surface area contributed by atoms with Gasteiger partial charge < -0.3 is 0 Å². The van der Waals surface area contributed by atoms with Gasteiger partial charge in [0.25, 0.3) is 0 Å². The van der Waals surface area contributed by atoms with Crippen LogP contribution in [0.1, 0.15) is 19.4 Å². The van der Waals surface area contributed by atoms with Crippen molar-refractivity contribution in [3.05, 3.63) is 59.8 Å². The zero-order valence-corrected chi connectivity index (χ0v) is 11.5. The van der Waals surface area contributed by atoms with Gasteiger partial charge in [-0.05, 0) is 43.8 Å². The zero-order chi connectivity index (χ0) is 13.6. The number of hydrogen-bond acceptors (Lipinski definition) is 0. The van der Waals surface area contributed by atoms with Crippen molar-refractivity contribution in [2.75, 3.05) is 0 Å². The quantitative estimate of drug-likeness (QED) is 0.609. The first-order valence-corrected chi connectivity index (χ1v) is 6.72. The lowest BCUT2D eigenvalue weighted by atomic mass is 9.89. The lowest BCUT2D eigenvalue weighted by Gasteiger charge is -2.15. The smallest absolute Gasteiger partial charge is 0.00269 e. The van der Waals surface area contributed by atoms with E-state index in [9.17, 15) is 0 Å². The summed E-state index contributed by atoms with van der Waals surface area (Å²) in [7, 11) is 0. The lowest BCUT2D eigenvalue weighted by molar-refractivity contribution is 0.859. The van der Waals surface area contributed by atoms with E-state index in [1.54, 1.807) is 0 Å². The van der Waals surface area contributed by atoms with Crippen molar-refractivity contribution in [3.8, 4) is 0 Å². The van der Waals surface area contributed by atoms with Crippen LogP contribution in [0.3, 0.4) is 0 Å². The normalized spacial score (nSPS) is 11.5. The standard InChI is InChI=1S/C19H18/c1-12(2)14(4)17-11-10-16-7-5-6-15-9-8-13(3)18(17)19(15)16/h5-12H,3-4H2,1-2H3. The highest BCUT2D eigenvalue weighted by Crippen LogP contribution is 2.32. The van der Waals surface area contributed by atoms with Crippen LogP contribution in [0.15, 0.2) is 49.0 Å². The molecular weight excluding hydrogens is 228 g/mol. The third kappa shape index (κ3) is 1.76. The van der Waals surface area contributed by atoms with E-state index in [0.717, 1.165) is 5.22 Å². The molecule has 0 fully saturated rings. The van der Waals surface area contributed by atoms with Gasteiger partial charge in [-0.25, -0.2) is 0 Å². The Morgan fingerprint density at radius 2 is 1.53 bits per heavy atom. The van der Waals surface area contributed by atoms with Crippen LogP contribution in [0.2, 0.25) is 0 Å². The summed E-state index contributed by atoms with van der Waals surface area (Å²) in [6, 6.07) is 15.1. The van der Waals surface area contributed by atoms with E-state index in [2.05, 4.69) is 69.5 Å². The maximum atomic E-state index is 4.26. The second kappa shape index (κ2) is 4.24. The molecule has 0 atom stereocenters. The number of allylic oxidation sites excluding steroid dienone is 1. The average Bonchev–Trinajstić information content (AvgIpc) is 2.42. The molecule has 0 amide bonds. The van der Waals surface area contributed by atoms with Gasteiger partial charge in [-0.3, -0.25) is 0 Å². The highest BCUT2D eigenvalue weighted by atomic mass is 14.1. The Bertz CT molecular complexity index is 806. The fraction of sp³-hybridized carbons (Fsp3) is 0.158. The Hall–Kier alpha value is -2.08. The minimum Gasteiger partial charge on any atom is -0.0950 e. The summed E-state index contributed by atoms with van der Waals surface area (Å²) in [5.41, 5.74) is 2.42. The molecule has 3 aromatic rings. The van der Waals surface area contributed by atoms with Crippen LogP contribution in [0.25, 0.3) is 33.7 Å². The van der Waals surface area contributed by atoms with Crippen LogP contribution in [-0.4, -0.2) is 0 Å². The maximum absolute atomic E-state index is 4.26. The molecule has 0 aliphatic heterocycles. The van der Waals surface area contributed by atoms with Gasteiger partial charge in [-0.2, -0.15) is 0 Å². The molecule has 0 aromatic heterocycles. The van der Waals surface area contributed by atoms with Crippen LogP contribution in [0, 0.1) is 5.92 Å². The number of hydrogen-bond donors (Lipinski definition) is 0. The topological polar surface area (TPSA) is 0 Å². The number of benzene rings is 3. The summed E-state index contributed by atoms with van der Waals surface area (Å²) in [5, 5.41) is 6.21. The Morgan fingerprint density at radius 3 is 2.16 bits per heavy atom. The fourth-order valence-corrected chi connectivity index (χ4v) is 2.73. The van der Waals surface area contributed by atoms with Crippen LogP contribution in [-0.2, 0) is 0 Å². The van der Waals surface area contributed by atoms with Crippen molar-refractivity contribution in [1.82, 2.24) is 0 Å². The van der Waals surface area contributed by atoms with Crippen molar-refractivity contribution in [1.29, 1.82) is 0 Å². The first-order valence-electron chi connectivity index (χ1n) is 6.72. The molecule has 0 saturated heterocycles. The minimum atomic E-state index is 0.444. The van der Waals surface area contributed by atoms with Gasteiger partial charge in [-0.1, -0.05) is 69.5 Å². The summed E-state index contributed by atoms with van der Waals surface area (Å²) in [5.74, 6) is 0.444. The Labute approximate surface area is 114 Å². The Kier molecular flexibility index (Phi) is 2.67. The molecule has 3 rings (SSSR count). The molecule has 0 N–H and O–H groups in total. The molecule has 0 heteroatoms. The molecule has 19 heavy (non-hydrogen) atoms. The monoisotopic (exact) mass is 246 g/mol. The van der Waals surface area contributed by atoms with E-state index < -0.39 is 0 Å². The van der Waals surface area contributed by atoms with E-state index in [-0.39, 0.29) is 0 Å². The van der Waals surface area contributed by atoms with Crippen molar-refractivity contribution >= 4 is 33.7 Å². The predicted molar refractivity (Wildman–Crippen MR) is 86.1 cm³/mol. The summed E-state index contributed by atoms with van der Waals surface area (Å²) in [6.07, 6.45) is 0. The first kappa shape index (κ1) is 12.0. The van der Waals surface area contributed by atoms with Crippen LogP contribution in [0.5, 0.6) is 0 Å². The van der Waals surface area contributed by atoms with Gasteiger partial charge >= 0.3 is 0 Å². The third-order valence-electron chi connectivity index (χ3n) is 3.91. The van der Waals surface area contributed by atoms with E-state index in [0.29, 0.717) is 5.92 Å². The molecule has 0 nitrogen and oxygen atoms in total. The molecule has 0 radical (unpaired) electrons. The third-order valence-corrected chi connectivity index (χ3v) is 3.91. The van der Waals surface area contributed by atoms with Crippen molar-refractivity contribution < 1.29 is 0 Å². The van der Waals surface area contributed by atoms with Gasteiger partial charge in [0.15, 0.2) is 0 Å². The van der Waals surface area contributed by atoms with Crippen LogP contribution in [0.4, 0.5) is 0 Å². The Balaban J connectivity index is 2.53. The van der Waals surface area contributed by atoms with Gasteiger partial charge in [0, 0.05) is 0 Å². The van der Waals surface area contributed by atoms with E-state index >= 15 is 0 Å². The molecule has 0 heterocycles. The average molecular weight is 246 g/mol. The molecule has 0 aliphatic rings. The zero-order valence-electron chi connectivity index (χ0n) is 11.5. The number of rotatable bonds is 2. The SMILES string of the molecule is C=C(c1ccc2cccc3ccc(=C)c1c23)C(C)C. The van der Waals surface area contributed by atoms with Crippen LogP contribution >= 0.6 is 0 Å². The molecule has 0 unspecified atom stereocenters. The minimum absolute atomic E-state index is 0.444. The molecule has 94 valence electrons. The second-order valence-corrected chi connectivity index (χ2v) is 5.47. The maximum Gasteiger partial charge on any atom is -0.00269 e. The Morgan fingerprint density at radius 1 is 0.895 bits per heavy atom. The van der Waals surface area contributed by atoms with Crippen molar-refractivity contribution in [2.45, 2.75) is 13.8 Å². The highest BCUT2D eigenvalue weighted by Gasteiger charge is 2.11. The molecule has 0 bridgehead atoms. The lowest BCUT2D eigenvalue weighted by Crippen LogP contribution is -2.04. The van der Waals surface area contributed by atoms with Gasteiger partial charge in [0.2, 0.25) is 0 Å². The van der Waals surface area contributed by atoms with Gasteiger partial charge in [0.1, 0.15) is 0 Å². The summed E-state index contributed by atoms with van der Waals surface area (Å²) in [4.78, 5) is 0. The van der Waals surface area contributed by atoms with E-state index in [1.165, 1.54) is 32.7 Å². The van der Waals surface area contributed by atoms with Gasteiger partial charge in [-0.15, -0.1) is 0 Å². The molecule has 0 saturated carbocycles. The predicted octanol–water partition coefficient (Wildman–Crippen LogP) is 4.79. The largest absolute Gasteiger partial charge is 0.0950 e. The molecule has 3 aromatic carbocycles. The fourth-order valence-electron chi connectivity index (χ4n) is 2.73. The molecule has 0 aliphatic carbocycles. The summed E-state index contributed by atoms with van der Waals surface area (Å²) < 4.78 is 0. The van der Waals surface area contributed by atoms with Crippen molar-refractivity contribution in [3.63, 3.8) is 0 Å². The molecule has 0 spiro atoms. The van der Waals surface area contributed by atoms with E-state index in [1.807, 2.05) is 0 Å². The molecular formula is C19H18. The highest BCUT2D eigenvalue weighted by molar-refractivity contribution is 6.13. The van der Waals surface area contributed by atoms with Gasteiger partial charge in [0.05, 0.1) is 0 Å². The van der Waals surface area contributed by atoms with Crippen LogP contribution < -0.4 is 5.22 Å². The first-order chi connectivity index (χ1) is 9.09. The van der Waals surface area contributed by atoms with Crippen molar-refractivity contribution in [2.24, 2.45) is 5.92 Å². The summed E-state index contributed by atoms with van der Waals surface area (Å²) >= 11 is 0. The summed E-state index contributed by atoms with van der Waals surface area (Å²) in [6.45, 7) is 12.8.